The van der Waals surface area contributed by atoms with Crippen molar-refractivity contribution < 1.29 is 9.47 Å². The summed E-state index contributed by atoms with van der Waals surface area (Å²) in [6.07, 6.45) is 3.97. The van der Waals surface area contributed by atoms with Gasteiger partial charge in [0.05, 0.1) is 12.3 Å². The van der Waals surface area contributed by atoms with E-state index < -0.39 is 0 Å². The predicted molar refractivity (Wildman–Crippen MR) is 75.4 cm³/mol. The topological polar surface area (TPSA) is 57.4 Å². The summed E-state index contributed by atoms with van der Waals surface area (Å²) in [5.41, 5.74) is 8.01. The van der Waals surface area contributed by atoms with Gasteiger partial charge in [0, 0.05) is 24.8 Å². The Labute approximate surface area is 115 Å². The van der Waals surface area contributed by atoms with Crippen LogP contribution in [0.4, 0.5) is 0 Å². The van der Waals surface area contributed by atoms with Crippen LogP contribution < -0.4 is 10.5 Å². The van der Waals surface area contributed by atoms with Crippen molar-refractivity contribution in [2.45, 2.75) is 51.7 Å². The second-order valence-corrected chi connectivity index (χ2v) is 5.23. The van der Waals surface area contributed by atoms with Crippen molar-refractivity contribution in [1.29, 1.82) is 0 Å². The summed E-state index contributed by atoms with van der Waals surface area (Å²) in [6.45, 7) is 5.61. The minimum atomic E-state index is 0.138. The number of hydrogen-bond donors (Lipinski definition) is 1. The molecule has 4 nitrogen and oxygen atoms in total. The fourth-order valence-electron chi connectivity index (χ4n) is 2.23. The van der Waals surface area contributed by atoms with E-state index in [1.54, 1.807) is 0 Å². The van der Waals surface area contributed by atoms with Gasteiger partial charge in [0.1, 0.15) is 11.9 Å². The summed E-state index contributed by atoms with van der Waals surface area (Å²) in [5, 5.41) is 0. The third-order valence-corrected chi connectivity index (χ3v) is 3.46. The first-order chi connectivity index (χ1) is 9.19. The zero-order valence-electron chi connectivity index (χ0n) is 11.9. The highest BCUT2D eigenvalue weighted by molar-refractivity contribution is 5.30. The van der Waals surface area contributed by atoms with Gasteiger partial charge in [0.15, 0.2) is 0 Å². The Kier molecular flexibility index (Phi) is 5.16. The summed E-state index contributed by atoms with van der Waals surface area (Å²) < 4.78 is 11.5. The number of aryl methyl sites for hydroxylation is 1. The maximum atomic E-state index is 6.04. The van der Waals surface area contributed by atoms with Gasteiger partial charge in [-0.25, -0.2) is 0 Å². The molecule has 0 bridgehead atoms. The van der Waals surface area contributed by atoms with Gasteiger partial charge in [-0.2, -0.15) is 0 Å². The molecule has 1 saturated heterocycles. The summed E-state index contributed by atoms with van der Waals surface area (Å²) in [7, 11) is 0. The predicted octanol–water partition coefficient (Wildman–Crippen LogP) is 2.23. The summed E-state index contributed by atoms with van der Waals surface area (Å²) in [4.78, 5) is 4.58. The molecule has 0 saturated carbocycles. The molecule has 0 spiro atoms. The zero-order valence-corrected chi connectivity index (χ0v) is 11.9. The van der Waals surface area contributed by atoms with Crippen molar-refractivity contribution in [2.75, 3.05) is 13.2 Å². The highest BCUT2D eigenvalue weighted by Gasteiger charge is 2.18. The summed E-state index contributed by atoms with van der Waals surface area (Å²) >= 11 is 0. The van der Waals surface area contributed by atoms with Crippen molar-refractivity contribution >= 4 is 0 Å². The van der Waals surface area contributed by atoms with Crippen LogP contribution in [0.3, 0.4) is 0 Å². The van der Waals surface area contributed by atoms with Crippen LogP contribution >= 0.6 is 0 Å². The Morgan fingerprint density at radius 2 is 2.37 bits per heavy atom. The highest BCUT2D eigenvalue weighted by Crippen LogP contribution is 2.22. The monoisotopic (exact) mass is 264 g/mol. The van der Waals surface area contributed by atoms with E-state index in [1.807, 2.05) is 19.1 Å². The molecule has 2 heterocycles. The molecule has 0 amide bonds. The Hall–Kier alpha value is -1.13. The fourth-order valence-corrected chi connectivity index (χ4v) is 2.23. The average molecular weight is 264 g/mol. The van der Waals surface area contributed by atoms with Crippen LogP contribution in [0.5, 0.6) is 5.75 Å². The number of nitrogens with two attached hydrogens (primary N) is 1. The molecule has 2 N–H and O–H groups in total. The van der Waals surface area contributed by atoms with E-state index in [4.69, 9.17) is 15.2 Å². The third-order valence-electron chi connectivity index (χ3n) is 3.46. The minimum Gasteiger partial charge on any atom is -0.486 e. The summed E-state index contributed by atoms with van der Waals surface area (Å²) in [5.74, 6) is 0.866. The molecule has 2 unspecified atom stereocenters. The van der Waals surface area contributed by atoms with Crippen molar-refractivity contribution in [1.82, 2.24) is 4.98 Å². The molecule has 0 aliphatic carbocycles. The second-order valence-electron chi connectivity index (χ2n) is 5.23. The molecule has 2 rings (SSSR count). The number of hydrogen-bond acceptors (Lipinski definition) is 4. The quantitative estimate of drug-likeness (QED) is 0.886. The Bertz CT molecular complexity index is 403. The van der Waals surface area contributed by atoms with Gasteiger partial charge in [-0.15, -0.1) is 0 Å². The zero-order chi connectivity index (χ0) is 13.7. The van der Waals surface area contributed by atoms with E-state index in [-0.39, 0.29) is 12.1 Å². The van der Waals surface area contributed by atoms with Crippen molar-refractivity contribution in [3.8, 4) is 5.75 Å². The number of rotatable bonds is 5. The van der Waals surface area contributed by atoms with E-state index in [1.165, 1.54) is 0 Å². The smallest absolute Gasteiger partial charge is 0.141 e. The molecule has 1 aliphatic rings. The van der Waals surface area contributed by atoms with Crippen LogP contribution in [-0.2, 0) is 11.2 Å². The normalized spacial score (nSPS) is 21.1. The summed E-state index contributed by atoms with van der Waals surface area (Å²) in [6, 6.07) is 4.13. The molecule has 106 valence electrons. The maximum absolute atomic E-state index is 6.04. The molecule has 0 radical (unpaired) electrons. The Balaban J connectivity index is 2.09. The first-order valence-corrected chi connectivity index (χ1v) is 7.15. The third kappa shape index (κ3) is 4.18. The molecule has 1 aromatic heterocycles. The molecule has 4 heteroatoms. The van der Waals surface area contributed by atoms with Crippen molar-refractivity contribution in [3.63, 3.8) is 0 Å². The van der Waals surface area contributed by atoms with Crippen LogP contribution in [-0.4, -0.2) is 30.3 Å². The molecule has 0 aromatic carbocycles. The lowest BCUT2D eigenvalue weighted by Gasteiger charge is -2.24. The van der Waals surface area contributed by atoms with Gasteiger partial charge < -0.3 is 15.2 Å². The number of ether oxygens (including phenoxy) is 2. The molecule has 1 aromatic rings. The van der Waals surface area contributed by atoms with Crippen LogP contribution in [0.25, 0.3) is 0 Å². The van der Waals surface area contributed by atoms with Gasteiger partial charge >= 0.3 is 0 Å². The minimum absolute atomic E-state index is 0.138. The van der Waals surface area contributed by atoms with Crippen LogP contribution in [0.15, 0.2) is 12.1 Å². The fraction of sp³-hybridized carbons (Fsp3) is 0.667. The number of pyridine rings is 1. The lowest BCUT2D eigenvalue weighted by Crippen LogP contribution is -2.29. The molecule has 2 atom stereocenters. The van der Waals surface area contributed by atoms with E-state index in [0.717, 1.165) is 49.4 Å². The molecule has 1 fully saturated rings. The molecule has 1 aliphatic heterocycles. The first kappa shape index (κ1) is 14.3. The molecule has 19 heavy (non-hydrogen) atoms. The van der Waals surface area contributed by atoms with E-state index in [0.29, 0.717) is 6.61 Å². The van der Waals surface area contributed by atoms with E-state index in [9.17, 15) is 0 Å². The second kappa shape index (κ2) is 6.87. The average Bonchev–Trinajstić information content (AvgIpc) is 2.43. The van der Waals surface area contributed by atoms with E-state index in [2.05, 4.69) is 11.9 Å². The van der Waals surface area contributed by atoms with Crippen LogP contribution in [0.1, 0.15) is 37.6 Å². The Morgan fingerprint density at radius 1 is 1.53 bits per heavy atom. The number of nitrogens with zero attached hydrogens (tertiary/aromatic N) is 1. The van der Waals surface area contributed by atoms with Gasteiger partial charge in [-0.1, -0.05) is 6.92 Å². The SMILES string of the molecule is CCC(N)Cc1nc(C)ccc1OC1CCCOC1. The molecular formula is C15H24N2O2. The lowest BCUT2D eigenvalue weighted by atomic mass is 10.1. The van der Waals surface area contributed by atoms with Gasteiger partial charge in [-0.05, 0) is 38.3 Å². The largest absolute Gasteiger partial charge is 0.486 e. The van der Waals surface area contributed by atoms with Crippen molar-refractivity contribution in [2.24, 2.45) is 5.73 Å². The number of aromatic nitrogens is 1. The molecular weight excluding hydrogens is 240 g/mol. The van der Waals surface area contributed by atoms with Gasteiger partial charge in [-0.3, -0.25) is 4.98 Å². The standard InChI is InChI=1S/C15H24N2O2/c1-3-12(16)9-14-15(7-6-11(2)17-14)19-13-5-4-8-18-10-13/h6-7,12-13H,3-5,8-10,16H2,1-2H3. The van der Waals surface area contributed by atoms with Crippen LogP contribution in [0, 0.1) is 6.92 Å². The first-order valence-electron chi connectivity index (χ1n) is 7.15. The van der Waals surface area contributed by atoms with Crippen molar-refractivity contribution in [3.05, 3.63) is 23.5 Å². The van der Waals surface area contributed by atoms with E-state index >= 15 is 0 Å². The lowest BCUT2D eigenvalue weighted by molar-refractivity contribution is 0.00681. The highest BCUT2D eigenvalue weighted by atomic mass is 16.5. The Morgan fingerprint density at radius 3 is 3.05 bits per heavy atom. The van der Waals surface area contributed by atoms with Gasteiger partial charge in [0.2, 0.25) is 0 Å². The van der Waals surface area contributed by atoms with Gasteiger partial charge in [0.25, 0.3) is 0 Å². The van der Waals surface area contributed by atoms with Crippen LogP contribution in [0.2, 0.25) is 0 Å². The maximum Gasteiger partial charge on any atom is 0.141 e.